The maximum Gasteiger partial charge on any atom is 0.149 e. The molecule has 1 heterocycles. The molecule has 1 saturated heterocycles. The topological polar surface area (TPSA) is 40.5 Å². The van der Waals surface area contributed by atoms with Crippen LogP contribution in [0.1, 0.15) is 39.0 Å². The first-order chi connectivity index (χ1) is 7.16. The van der Waals surface area contributed by atoms with Gasteiger partial charge in [0.05, 0.1) is 12.1 Å². The highest BCUT2D eigenvalue weighted by atomic mass is 16.3. The van der Waals surface area contributed by atoms with Gasteiger partial charge in [-0.15, -0.1) is 0 Å². The fraction of sp³-hybridized carbons (Fsp3) is 0.917. The number of piperidine rings is 1. The largest absolute Gasteiger partial charge is 0.392 e. The highest BCUT2D eigenvalue weighted by Crippen LogP contribution is 2.25. The van der Waals surface area contributed by atoms with Crippen LogP contribution in [0.5, 0.6) is 0 Å². The van der Waals surface area contributed by atoms with Crippen molar-refractivity contribution in [2.45, 2.75) is 51.2 Å². The van der Waals surface area contributed by atoms with E-state index in [1.807, 2.05) is 0 Å². The lowest BCUT2D eigenvalue weighted by atomic mass is 9.89. The van der Waals surface area contributed by atoms with Gasteiger partial charge in [-0.25, -0.2) is 0 Å². The van der Waals surface area contributed by atoms with Crippen molar-refractivity contribution in [3.63, 3.8) is 0 Å². The zero-order valence-corrected chi connectivity index (χ0v) is 9.48. The third kappa shape index (κ3) is 2.58. The minimum Gasteiger partial charge on any atom is -0.392 e. The lowest BCUT2D eigenvalue weighted by Crippen LogP contribution is -2.51. The summed E-state index contributed by atoms with van der Waals surface area (Å²) < 4.78 is 0. The lowest BCUT2D eigenvalue weighted by molar-refractivity contribution is -0.128. The Morgan fingerprint density at radius 2 is 2.13 bits per heavy atom. The summed E-state index contributed by atoms with van der Waals surface area (Å²) >= 11 is 0. The summed E-state index contributed by atoms with van der Waals surface area (Å²) in [5.74, 6) is 0.908. The van der Waals surface area contributed by atoms with Gasteiger partial charge in [0, 0.05) is 19.5 Å². The van der Waals surface area contributed by atoms with E-state index in [1.54, 1.807) is 0 Å². The number of rotatable bonds is 1. The second-order valence-electron chi connectivity index (χ2n) is 5.18. The Bertz CT molecular complexity index is 232. The Balaban J connectivity index is 1.99. The minimum atomic E-state index is -0.233. The van der Waals surface area contributed by atoms with Gasteiger partial charge in [0.1, 0.15) is 5.78 Å². The first kappa shape index (κ1) is 11.1. The Labute approximate surface area is 91.5 Å². The monoisotopic (exact) mass is 211 g/mol. The molecule has 86 valence electrons. The molecule has 2 aliphatic rings. The SMILES string of the molecule is C[C@@H]1C[C@H](O)CN(C2CCCCC2=O)C1. The normalized spacial score (nSPS) is 39.3. The summed E-state index contributed by atoms with van der Waals surface area (Å²) in [5, 5.41) is 9.71. The van der Waals surface area contributed by atoms with Crippen LogP contribution in [-0.4, -0.2) is 41.0 Å². The van der Waals surface area contributed by atoms with Crippen LogP contribution in [0.15, 0.2) is 0 Å². The Morgan fingerprint density at radius 1 is 1.33 bits per heavy atom. The summed E-state index contributed by atoms with van der Waals surface area (Å²) in [7, 11) is 0. The summed E-state index contributed by atoms with van der Waals surface area (Å²) in [6.45, 7) is 3.83. The molecule has 0 aromatic carbocycles. The van der Waals surface area contributed by atoms with Gasteiger partial charge in [-0.3, -0.25) is 9.69 Å². The molecular formula is C12H21NO2. The molecule has 1 saturated carbocycles. The first-order valence-corrected chi connectivity index (χ1v) is 6.11. The van der Waals surface area contributed by atoms with Crippen LogP contribution in [0.25, 0.3) is 0 Å². The Hall–Kier alpha value is -0.410. The maximum atomic E-state index is 11.8. The quantitative estimate of drug-likeness (QED) is 0.708. The zero-order chi connectivity index (χ0) is 10.8. The van der Waals surface area contributed by atoms with Crippen LogP contribution in [0.3, 0.4) is 0 Å². The molecule has 0 radical (unpaired) electrons. The zero-order valence-electron chi connectivity index (χ0n) is 9.48. The number of carbonyl (C=O) groups excluding carboxylic acids is 1. The first-order valence-electron chi connectivity index (χ1n) is 6.11. The predicted octanol–water partition coefficient (Wildman–Crippen LogP) is 1.20. The van der Waals surface area contributed by atoms with Crippen molar-refractivity contribution in [2.24, 2.45) is 5.92 Å². The number of aliphatic hydroxyl groups is 1. The lowest BCUT2D eigenvalue weighted by Gasteiger charge is -2.40. The predicted molar refractivity (Wildman–Crippen MR) is 58.6 cm³/mol. The summed E-state index contributed by atoms with van der Waals surface area (Å²) in [4.78, 5) is 14.0. The van der Waals surface area contributed by atoms with Crippen LogP contribution in [-0.2, 0) is 4.79 Å². The van der Waals surface area contributed by atoms with E-state index < -0.39 is 0 Å². The molecule has 0 amide bonds. The number of aliphatic hydroxyl groups excluding tert-OH is 1. The summed E-state index contributed by atoms with van der Waals surface area (Å²) in [6, 6.07) is 0.108. The van der Waals surface area contributed by atoms with E-state index in [-0.39, 0.29) is 12.1 Å². The van der Waals surface area contributed by atoms with Gasteiger partial charge >= 0.3 is 0 Å². The number of hydrogen-bond acceptors (Lipinski definition) is 3. The van der Waals surface area contributed by atoms with Crippen LogP contribution < -0.4 is 0 Å². The molecule has 0 aromatic heterocycles. The maximum absolute atomic E-state index is 11.8. The van der Waals surface area contributed by atoms with E-state index in [1.165, 1.54) is 0 Å². The molecule has 1 unspecified atom stereocenters. The highest BCUT2D eigenvalue weighted by molar-refractivity contribution is 5.84. The van der Waals surface area contributed by atoms with Crippen LogP contribution >= 0.6 is 0 Å². The summed E-state index contributed by atoms with van der Waals surface area (Å²) in [6.07, 6.45) is 4.61. The van der Waals surface area contributed by atoms with Crippen molar-refractivity contribution in [3.05, 3.63) is 0 Å². The van der Waals surface area contributed by atoms with Crippen LogP contribution in [0, 0.1) is 5.92 Å². The molecule has 3 atom stereocenters. The van der Waals surface area contributed by atoms with Gasteiger partial charge in [-0.1, -0.05) is 13.3 Å². The molecule has 1 aliphatic heterocycles. The number of likely N-dealkylation sites (tertiary alicyclic amines) is 1. The molecule has 0 aromatic rings. The smallest absolute Gasteiger partial charge is 0.149 e. The molecule has 3 heteroatoms. The number of hydrogen-bond donors (Lipinski definition) is 1. The van der Waals surface area contributed by atoms with Crippen molar-refractivity contribution in [1.82, 2.24) is 4.90 Å². The van der Waals surface area contributed by atoms with Gasteiger partial charge < -0.3 is 5.11 Å². The number of nitrogens with zero attached hydrogens (tertiary/aromatic N) is 1. The number of β-amino-alcohol motifs (C(OH)–C–C–N with tert-alkyl or cyclic N) is 1. The van der Waals surface area contributed by atoms with E-state index in [0.717, 1.165) is 38.6 Å². The van der Waals surface area contributed by atoms with E-state index in [2.05, 4.69) is 11.8 Å². The average molecular weight is 211 g/mol. The van der Waals surface area contributed by atoms with Crippen LogP contribution in [0.4, 0.5) is 0 Å². The van der Waals surface area contributed by atoms with Crippen molar-refractivity contribution in [3.8, 4) is 0 Å². The van der Waals surface area contributed by atoms with Gasteiger partial charge in [0.2, 0.25) is 0 Å². The summed E-state index contributed by atoms with van der Waals surface area (Å²) in [5.41, 5.74) is 0. The number of ketones is 1. The third-order valence-electron chi connectivity index (χ3n) is 3.63. The van der Waals surface area contributed by atoms with Gasteiger partial charge in [-0.05, 0) is 25.2 Å². The van der Waals surface area contributed by atoms with Crippen molar-refractivity contribution < 1.29 is 9.90 Å². The van der Waals surface area contributed by atoms with E-state index in [0.29, 0.717) is 18.2 Å². The molecule has 1 aliphatic carbocycles. The molecule has 15 heavy (non-hydrogen) atoms. The van der Waals surface area contributed by atoms with Crippen molar-refractivity contribution in [1.29, 1.82) is 0 Å². The highest BCUT2D eigenvalue weighted by Gasteiger charge is 2.33. The molecule has 2 rings (SSSR count). The fourth-order valence-electron chi connectivity index (χ4n) is 2.96. The molecule has 0 spiro atoms. The third-order valence-corrected chi connectivity index (χ3v) is 3.63. The van der Waals surface area contributed by atoms with Crippen LogP contribution in [0.2, 0.25) is 0 Å². The van der Waals surface area contributed by atoms with Gasteiger partial charge in [0.15, 0.2) is 0 Å². The van der Waals surface area contributed by atoms with Gasteiger partial charge in [-0.2, -0.15) is 0 Å². The second kappa shape index (κ2) is 4.62. The van der Waals surface area contributed by atoms with E-state index >= 15 is 0 Å². The fourth-order valence-corrected chi connectivity index (χ4v) is 2.96. The standard InChI is InChI=1S/C12H21NO2/c1-9-6-10(14)8-13(7-9)11-4-2-3-5-12(11)15/h9-11,14H,2-8H2,1H3/t9-,10+,11?/m1/s1. The molecule has 2 fully saturated rings. The Morgan fingerprint density at radius 3 is 2.80 bits per heavy atom. The van der Waals surface area contributed by atoms with E-state index in [4.69, 9.17) is 0 Å². The van der Waals surface area contributed by atoms with Gasteiger partial charge in [0.25, 0.3) is 0 Å². The number of Topliss-reactive ketones (excluding diaryl/α,β-unsaturated/α-hetero) is 1. The van der Waals surface area contributed by atoms with Crippen molar-refractivity contribution in [2.75, 3.05) is 13.1 Å². The molecule has 0 bridgehead atoms. The number of carbonyl (C=O) groups is 1. The van der Waals surface area contributed by atoms with Crippen molar-refractivity contribution >= 4 is 5.78 Å². The molecular weight excluding hydrogens is 190 g/mol. The van der Waals surface area contributed by atoms with E-state index in [9.17, 15) is 9.90 Å². The average Bonchev–Trinajstić information content (AvgIpc) is 2.16. The molecule has 3 nitrogen and oxygen atoms in total. The minimum absolute atomic E-state index is 0.108. The second-order valence-corrected chi connectivity index (χ2v) is 5.18. The molecule has 1 N–H and O–H groups in total. The Kier molecular flexibility index (Phi) is 3.42.